The van der Waals surface area contributed by atoms with Gasteiger partial charge >= 0.3 is 0 Å². The fraction of sp³-hybridized carbons (Fsp3) is 0.0500. The van der Waals surface area contributed by atoms with Crippen LogP contribution in [-0.4, -0.2) is 28.2 Å². The molecule has 0 aliphatic rings. The third-order valence-corrected chi connectivity index (χ3v) is 6.02. The molecule has 0 radical (unpaired) electrons. The van der Waals surface area contributed by atoms with Gasteiger partial charge in [-0.2, -0.15) is 5.10 Å². The number of benzene rings is 2. The number of anilines is 3. The molecule has 2 aromatic carbocycles. The second kappa shape index (κ2) is 8.25. The van der Waals surface area contributed by atoms with Gasteiger partial charge in [-0.15, -0.1) is 0 Å². The number of rotatable bonds is 6. The van der Waals surface area contributed by atoms with Gasteiger partial charge in [0.15, 0.2) is 5.82 Å². The quantitative estimate of drug-likeness (QED) is 0.423. The summed E-state index contributed by atoms with van der Waals surface area (Å²) in [5, 5.41) is 7.38. The Morgan fingerprint density at radius 3 is 2.33 bits per heavy atom. The first-order valence-corrected chi connectivity index (χ1v) is 11.2. The predicted molar refractivity (Wildman–Crippen MR) is 119 cm³/mol. The van der Waals surface area contributed by atoms with Crippen molar-refractivity contribution >= 4 is 43.1 Å². The summed E-state index contributed by atoms with van der Waals surface area (Å²) >= 11 is 3.30. The van der Waals surface area contributed by atoms with Crippen molar-refractivity contribution < 1.29 is 8.42 Å². The van der Waals surface area contributed by atoms with Gasteiger partial charge in [-0.05, 0) is 61.5 Å². The summed E-state index contributed by atoms with van der Waals surface area (Å²) in [7, 11) is -3.66. The second-order valence-electron chi connectivity index (χ2n) is 6.37. The molecule has 0 unspecified atom stereocenters. The minimum atomic E-state index is -3.66. The van der Waals surface area contributed by atoms with Gasteiger partial charge < -0.3 is 5.32 Å². The van der Waals surface area contributed by atoms with E-state index < -0.39 is 10.0 Å². The Morgan fingerprint density at radius 1 is 0.967 bits per heavy atom. The fourth-order valence-corrected chi connectivity index (χ4v) is 4.06. The van der Waals surface area contributed by atoms with Gasteiger partial charge in [-0.3, -0.25) is 4.72 Å². The molecule has 4 rings (SSSR count). The van der Waals surface area contributed by atoms with Crippen LogP contribution in [0.1, 0.15) is 5.82 Å². The molecule has 2 aromatic heterocycles. The van der Waals surface area contributed by atoms with Crippen LogP contribution in [0.2, 0.25) is 0 Å². The number of aromatic nitrogens is 4. The molecule has 0 atom stereocenters. The molecular weight excluding hydrogens is 468 g/mol. The summed E-state index contributed by atoms with van der Waals surface area (Å²) < 4.78 is 30.1. The number of nitrogens with zero attached hydrogens (tertiary/aromatic N) is 4. The average molecular weight is 485 g/mol. The first-order valence-electron chi connectivity index (χ1n) is 8.90. The number of aryl methyl sites for hydroxylation is 1. The topological polar surface area (TPSA) is 102 Å². The van der Waals surface area contributed by atoms with Crippen molar-refractivity contribution in [2.75, 3.05) is 10.0 Å². The molecule has 8 nitrogen and oxygen atoms in total. The maximum atomic E-state index is 12.5. The smallest absolute Gasteiger partial charge is 0.261 e. The summed E-state index contributed by atoms with van der Waals surface area (Å²) in [4.78, 5) is 8.96. The molecule has 0 bridgehead atoms. The van der Waals surface area contributed by atoms with Crippen molar-refractivity contribution in [3.8, 4) is 5.82 Å². The molecule has 30 heavy (non-hydrogen) atoms. The lowest BCUT2D eigenvalue weighted by molar-refractivity contribution is 0.601. The molecule has 0 aliphatic heterocycles. The van der Waals surface area contributed by atoms with Gasteiger partial charge in [0.1, 0.15) is 11.6 Å². The van der Waals surface area contributed by atoms with Gasteiger partial charge in [0.05, 0.1) is 4.90 Å². The van der Waals surface area contributed by atoms with Crippen molar-refractivity contribution in [1.29, 1.82) is 0 Å². The van der Waals surface area contributed by atoms with Crippen molar-refractivity contribution in [2.24, 2.45) is 0 Å². The lowest BCUT2D eigenvalue weighted by Gasteiger charge is -2.11. The van der Waals surface area contributed by atoms with E-state index in [-0.39, 0.29) is 4.90 Å². The monoisotopic (exact) mass is 484 g/mol. The zero-order valence-electron chi connectivity index (χ0n) is 15.8. The molecule has 0 saturated heterocycles. The summed E-state index contributed by atoms with van der Waals surface area (Å²) in [6, 6.07) is 16.9. The summed E-state index contributed by atoms with van der Waals surface area (Å²) in [6.07, 6.45) is 3.48. The Balaban J connectivity index is 1.50. The highest BCUT2D eigenvalue weighted by molar-refractivity contribution is 9.10. The molecule has 4 aromatic rings. The van der Waals surface area contributed by atoms with E-state index in [2.05, 4.69) is 41.0 Å². The third-order valence-electron chi connectivity index (χ3n) is 4.10. The summed E-state index contributed by atoms with van der Waals surface area (Å²) in [6.45, 7) is 1.80. The summed E-state index contributed by atoms with van der Waals surface area (Å²) in [5.74, 6) is 1.86. The lowest BCUT2D eigenvalue weighted by atomic mass is 10.3. The molecule has 2 heterocycles. The Hall–Kier alpha value is -3.24. The van der Waals surface area contributed by atoms with Crippen LogP contribution in [0.25, 0.3) is 5.82 Å². The van der Waals surface area contributed by atoms with Gasteiger partial charge in [0.2, 0.25) is 0 Å². The van der Waals surface area contributed by atoms with E-state index >= 15 is 0 Å². The van der Waals surface area contributed by atoms with Crippen LogP contribution >= 0.6 is 15.9 Å². The normalized spacial score (nSPS) is 11.3. The van der Waals surface area contributed by atoms with E-state index in [1.165, 1.54) is 12.1 Å². The van der Waals surface area contributed by atoms with E-state index in [0.717, 1.165) is 10.2 Å². The van der Waals surface area contributed by atoms with Crippen LogP contribution in [0.5, 0.6) is 0 Å². The number of sulfonamides is 1. The van der Waals surface area contributed by atoms with Crippen molar-refractivity contribution in [2.45, 2.75) is 11.8 Å². The first-order chi connectivity index (χ1) is 14.4. The Kier molecular flexibility index (Phi) is 5.51. The minimum absolute atomic E-state index is 0.190. The van der Waals surface area contributed by atoms with Crippen LogP contribution in [0, 0.1) is 6.92 Å². The molecular formula is C20H17BrN6O2S. The Bertz CT molecular complexity index is 1260. The predicted octanol–water partition coefficient (Wildman–Crippen LogP) is 4.28. The third kappa shape index (κ3) is 4.66. The zero-order chi connectivity index (χ0) is 21.1. The molecule has 2 N–H and O–H groups in total. The molecule has 0 spiro atoms. The van der Waals surface area contributed by atoms with Gasteiger partial charge in [0.25, 0.3) is 10.0 Å². The highest BCUT2D eigenvalue weighted by Gasteiger charge is 2.14. The standard InChI is InChI=1S/C20H17BrN6O2S/c1-14-23-19(13-20(24-14)27-12-2-11-22-27)25-16-5-7-17(8-6-16)26-30(28,29)18-9-3-15(21)4-10-18/h2-13,26H,1H3,(H,23,24,25). The van der Waals surface area contributed by atoms with Crippen LogP contribution in [0.15, 0.2) is 82.4 Å². The maximum absolute atomic E-state index is 12.5. The second-order valence-corrected chi connectivity index (χ2v) is 8.97. The highest BCUT2D eigenvalue weighted by atomic mass is 79.9. The number of hydrogen-bond donors (Lipinski definition) is 2. The van der Waals surface area contributed by atoms with E-state index in [0.29, 0.717) is 23.1 Å². The molecule has 10 heteroatoms. The Morgan fingerprint density at radius 2 is 1.67 bits per heavy atom. The van der Waals surface area contributed by atoms with E-state index in [4.69, 9.17) is 0 Å². The lowest BCUT2D eigenvalue weighted by Crippen LogP contribution is -2.12. The number of hydrogen-bond acceptors (Lipinski definition) is 6. The van der Waals surface area contributed by atoms with Crippen LogP contribution in [-0.2, 0) is 10.0 Å². The SMILES string of the molecule is Cc1nc(Nc2ccc(NS(=O)(=O)c3ccc(Br)cc3)cc2)cc(-n2cccn2)n1. The molecule has 0 aliphatic carbocycles. The van der Waals surface area contributed by atoms with Gasteiger partial charge in [-0.1, -0.05) is 15.9 Å². The van der Waals surface area contributed by atoms with Crippen molar-refractivity contribution in [3.05, 3.63) is 83.4 Å². The minimum Gasteiger partial charge on any atom is -0.340 e. The van der Waals surface area contributed by atoms with Crippen molar-refractivity contribution in [1.82, 2.24) is 19.7 Å². The largest absolute Gasteiger partial charge is 0.340 e. The number of halogens is 1. The fourth-order valence-electron chi connectivity index (χ4n) is 2.73. The van der Waals surface area contributed by atoms with Gasteiger partial charge in [-0.25, -0.2) is 23.1 Å². The van der Waals surface area contributed by atoms with Gasteiger partial charge in [0, 0.05) is 34.3 Å². The highest BCUT2D eigenvalue weighted by Crippen LogP contribution is 2.22. The van der Waals surface area contributed by atoms with Crippen molar-refractivity contribution in [3.63, 3.8) is 0 Å². The number of nitrogens with one attached hydrogen (secondary N) is 2. The maximum Gasteiger partial charge on any atom is 0.261 e. The van der Waals surface area contributed by atoms with Crippen LogP contribution < -0.4 is 10.0 Å². The zero-order valence-corrected chi connectivity index (χ0v) is 18.2. The van der Waals surface area contributed by atoms with Crippen LogP contribution in [0.3, 0.4) is 0 Å². The van der Waals surface area contributed by atoms with Crippen LogP contribution in [0.4, 0.5) is 17.2 Å². The summed E-state index contributed by atoms with van der Waals surface area (Å²) in [5.41, 5.74) is 1.21. The molecule has 0 fully saturated rings. The first kappa shape index (κ1) is 20.0. The molecule has 152 valence electrons. The van der Waals surface area contributed by atoms with E-state index in [1.54, 1.807) is 66.5 Å². The molecule has 0 saturated carbocycles. The average Bonchev–Trinajstić information content (AvgIpc) is 3.24. The Labute approximate surface area is 182 Å². The van der Waals surface area contributed by atoms with E-state index in [9.17, 15) is 8.42 Å². The van der Waals surface area contributed by atoms with E-state index in [1.807, 2.05) is 6.07 Å². The molecule has 0 amide bonds.